The van der Waals surface area contributed by atoms with Gasteiger partial charge in [-0.15, -0.1) is 0 Å². The highest BCUT2D eigenvalue weighted by atomic mass is 32.2. The molecule has 1 aliphatic carbocycles. The number of carbonyl (C=O) groups is 1. The lowest BCUT2D eigenvalue weighted by Gasteiger charge is -2.09. The summed E-state index contributed by atoms with van der Waals surface area (Å²) in [6.07, 6.45) is 2.30. The highest BCUT2D eigenvalue weighted by Crippen LogP contribution is 2.29. The molecule has 1 aliphatic rings. The van der Waals surface area contributed by atoms with Crippen LogP contribution in [-0.4, -0.2) is 33.9 Å². The molecule has 0 spiro atoms. The van der Waals surface area contributed by atoms with E-state index < -0.39 is 10.1 Å². The molecule has 1 unspecified atom stereocenters. The molecule has 82 valence electrons. The van der Waals surface area contributed by atoms with E-state index in [9.17, 15) is 13.2 Å². The van der Waals surface area contributed by atoms with Gasteiger partial charge in [-0.1, -0.05) is 0 Å². The molecule has 0 saturated heterocycles. The zero-order valence-electron chi connectivity index (χ0n) is 8.23. The average Bonchev–Trinajstić information content (AvgIpc) is 2.48. The Morgan fingerprint density at radius 3 is 2.50 bits per heavy atom. The van der Waals surface area contributed by atoms with E-state index in [1.165, 1.54) is 7.11 Å². The molecule has 1 fully saturated rings. The Hall–Kier alpha value is -0.620. The first-order valence-corrected chi connectivity index (χ1v) is 6.20. The number of carbonyl (C=O) groups excluding carboxylic acids is 1. The van der Waals surface area contributed by atoms with Crippen LogP contribution in [0.2, 0.25) is 0 Å². The monoisotopic (exact) mass is 222 g/mol. The Balaban J connectivity index is 2.46. The van der Waals surface area contributed by atoms with E-state index >= 15 is 0 Å². The smallest absolute Gasteiger partial charge is 0.308 e. The van der Waals surface area contributed by atoms with E-state index in [4.69, 9.17) is 4.18 Å². The number of methoxy groups -OCH3 is 1. The third-order valence-electron chi connectivity index (χ3n) is 2.23. The predicted molar refractivity (Wildman–Crippen MR) is 49.1 cm³/mol. The molecule has 0 aromatic rings. The summed E-state index contributed by atoms with van der Waals surface area (Å²) in [6, 6.07) is 0. The molecule has 5 nitrogen and oxygen atoms in total. The van der Waals surface area contributed by atoms with Crippen LogP contribution in [-0.2, 0) is 23.8 Å². The van der Waals surface area contributed by atoms with Crippen molar-refractivity contribution < 1.29 is 22.1 Å². The second-order valence-electron chi connectivity index (χ2n) is 3.46. The maximum Gasteiger partial charge on any atom is 0.308 e. The second kappa shape index (κ2) is 4.27. The van der Waals surface area contributed by atoms with Gasteiger partial charge in [0.15, 0.2) is 0 Å². The number of hydrogen-bond acceptors (Lipinski definition) is 5. The largest absolute Gasteiger partial charge is 0.469 e. The normalized spacial score (nSPS) is 27.6. The average molecular weight is 222 g/mol. The summed E-state index contributed by atoms with van der Waals surface area (Å²) in [5, 5.41) is 0. The Bertz CT molecular complexity index is 308. The molecule has 0 aromatic heterocycles. The standard InChI is InChI=1S/C8H14O5S/c1-12-8(9)6-3-4-7(5-6)13-14(2,10)11/h6-7H,3-5H2,1-2H3/t6-,7?/m1/s1. The van der Waals surface area contributed by atoms with Crippen LogP contribution in [0, 0.1) is 5.92 Å². The first-order chi connectivity index (χ1) is 6.42. The Labute approximate surface area is 83.5 Å². The minimum absolute atomic E-state index is 0.216. The first-order valence-electron chi connectivity index (χ1n) is 4.38. The van der Waals surface area contributed by atoms with Crippen LogP contribution in [0.25, 0.3) is 0 Å². The van der Waals surface area contributed by atoms with Gasteiger partial charge < -0.3 is 4.74 Å². The second-order valence-corrected chi connectivity index (χ2v) is 5.06. The zero-order chi connectivity index (χ0) is 10.8. The minimum Gasteiger partial charge on any atom is -0.469 e. The number of rotatable bonds is 3. The summed E-state index contributed by atoms with van der Waals surface area (Å²) in [5.74, 6) is -0.503. The fraction of sp³-hybridized carbons (Fsp3) is 0.875. The third kappa shape index (κ3) is 3.26. The van der Waals surface area contributed by atoms with Gasteiger partial charge in [0, 0.05) is 0 Å². The molecule has 6 heteroatoms. The van der Waals surface area contributed by atoms with Crippen molar-refractivity contribution in [2.24, 2.45) is 5.92 Å². The van der Waals surface area contributed by atoms with Crippen molar-refractivity contribution in [1.82, 2.24) is 0 Å². The maximum atomic E-state index is 11.1. The molecule has 2 atom stereocenters. The molecule has 0 amide bonds. The molecule has 0 heterocycles. The van der Waals surface area contributed by atoms with E-state index in [1.54, 1.807) is 0 Å². The molecule has 0 N–H and O–H groups in total. The zero-order valence-corrected chi connectivity index (χ0v) is 9.04. The molecular formula is C8H14O5S. The van der Waals surface area contributed by atoms with Crippen LogP contribution in [0.15, 0.2) is 0 Å². The van der Waals surface area contributed by atoms with Gasteiger partial charge in [0.2, 0.25) is 0 Å². The van der Waals surface area contributed by atoms with Crippen LogP contribution in [0.1, 0.15) is 19.3 Å². The van der Waals surface area contributed by atoms with Gasteiger partial charge in [-0.3, -0.25) is 8.98 Å². The number of esters is 1. The van der Waals surface area contributed by atoms with Crippen molar-refractivity contribution in [3.05, 3.63) is 0 Å². The van der Waals surface area contributed by atoms with Crippen molar-refractivity contribution >= 4 is 16.1 Å². The van der Waals surface area contributed by atoms with E-state index in [-0.39, 0.29) is 18.0 Å². The molecule has 14 heavy (non-hydrogen) atoms. The summed E-state index contributed by atoms with van der Waals surface area (Å²) in [6.45, 7) is 0. The molecule has 0 radical (unpaired) electrons. The summed E-state index contributed by atoms with van der Waals surface area (Å²) < 4.78 is 30.9. The van der Waals surface area contributed by atoms with Crippen molar-refractivity contribution in [3.8, 4) is 0 Å². The van der Waals surface area contributed by atoms with Gasteiger partial charge in [-0.05, 0) is 19.3 Å². The highest BCUT2D eigenvalue weighted by molar-refractivity contribution is 7.86. The van der Waals surface area contributed by atoms with Crippen LogP contribution >= 0.6 is 0 Å². The lowest BCUT2D eigenvalue weighted by Crippen LogP contribution is -2.17. The van der Waals surface area contributed by atoms with Crippen molar-refractivity contribution in [3.63, 3.8) is 0 Å². The Morgan fingerprint density at radius 1 is 1.36 bits per heavy atom. The Kier molecular flexibility index (Phi) is 3.49. The van der Waals surface area contributed by atoms with Gasteiger partial charge in [-0.25, -0.2) is 0 Å². The van der Waals surface area contributed by atoms with E-state index in [0.717, 1.165) is 6.26 Å². The van der Waals surface area contributed by atoms with Crippen LogP contribution in [0.5, 0.6) is 0 Å². The van der Waals surface area contributed by atoms with Crippen molar-refractivity contribution in [2.75, 3.05) is 13.4 Å². The van der Waals surface area contributed by atoms with Crippen LogP contribution in [0.4, 0.5) is 0 Å². The SMILES string of the molecule is COC(=O)[C@@H]1CCC(OS(C)(=O)=O)C1. The Morgan fingerprint density at radius 2 is 2.00 bits per heavy atom. The van der Waals surface area contributed by atoms with Gasteiger partial charge in [0.05, 0.1) is 25.4 Å². The quantitative estimate of drug-likeness (QED) is 0.507. The molecule has 1 rings (SSSR count). The summed E-state index contributed by atoms with van der Waals surface area (Å²) in [5.41, 5.74) is 0. The summed E-state index contributed by atoms with van der Waals surface area (Å²) in [7, 11) is -2.09. The molecule has 0 aromatic carbocycles. The van der Waals surface area contributed by atoms with E-state index in [1.807, 2.05) is 0 Å². The predicted octanol–water partition coefficient (Wildman–Crippen LogP) is 0.304. The van der Waals surface area contributed by atoms with Crippen molar-refractivity contribution in [2.45, 2.75) is 25.4 Å². The van der Waals surface area contributed by atoms with E-state index in [0.29, 0.717) is 19.3 Å². The summed E-state index contributed by atoms with van der Waals surface area (Å²) in [4.78, 5) is 11.1. The first kappa shape index (κ1) is 11.5. The molecule has 0 aliphatic heterocycles. The molecule has 0 bridgehead atoms. The van der Waals surface area contributed by atoms with Gasteiger partial charge in [0.25, 0.3) is 10.1 Å². The summed E-state index contributed by atoms with van der Waals surface area (Å²) >= 11 is 0. The lowest BCUT2D eigenvalue weighted by molar-refractivity contribution is -0.145. The fourth-order valence-electron chi connectivity index (χ4n) is 1.66. The molecule has 1 saturated carbocycles. The van der Waals surface area contributed by atoms with Crippen LogP contribution in [0.3, 0.4) is 0 Å². The van der Waals surface area contributed by atoms with Gasteiger partial charge >= 0.3 is 5.97 Å². The van der Waals surface area contributed by atoms with Gasteiger partial charge in [0.1, 0.15) is 0 Å². The highest BCUT2D eigenvalue weighted by Gasteiger charge is 2.32. The lowest BCUT2D eigenvalue weighted by atomic mass is 10.1. The van der Waals surface area contributed by atoms with E-state index in [2.05, 4.69) is 4.74 Å². The minimum atomic E-state index is -3.42. The number of ether oxygens (including phenoxy) is 1. The molecular weight excluding hydrogens is 208 g/mol. The topological polar surface area (TPSA) is 69.7 Å². The number of hydrogen-bond donors (Lipinski definition) is 0. The van der Waals surface area contributed by atoms with Crippen LogP contribution < -0.4 is 0 Å². The van der Waals surface area contributed by atoms with Crippen molar-refractivity contribution in [1.29, 1.82) is 0 Å². The van der Waals surface area contributed by atoms with Gasteiger partial charge in [-0.2, -0.15) is 8.42 Å². The fourth-order valence-corrected chi connectivity index (χ4v) is 2.32. The third-order valence-corrected chi connectivity index (χ3v) is 2.85. The maximum absolute atomic E-state index is 11.1.